The summed E-state index contributed by atoms with van der Waals surface area (Å²) in [5.74, 6) is 0. The number of aryl methyl sites for hydroxylation is 1. The molecule has 2 heterocycles. The van der Waals surface area contributed by atoms with Crippen LogP contribution in [0.15, 0.2) is 63.8 Å². The van der Waals surface area contributed by atoms with Crippen LogP contribution < -0.4 is 4.80 Å². The molecule has 188 valence electrons. The lowest BCUT2D eigenvalue weighted by atomic mass is 10.2. The maximum atomic E-state index is 12.9. The molecule has 7 nitrogen and oxygen atoms in total. The highest BCUT2D eigenvalue weighted by molar-refractivity contribution is 7.89. The van der Waals surface area contributed by atoms with Crippen molar-refractivity contribution in [3.05, 3.63) is 64.3 Å². The van der Waals surface area contributed by atoms with Crippen LogP contribution in [0.2, 0.25) is 0 Å². The van der Waals surface area contributed by atoms with Gasteiger partial charge in [-0.2, -0.15) is 4.31 Å². The number of morpholine rings is 1. The predicted octanol–water partition coefficient (Wildman–Crippen LogP) is 4.12. The van der Waals surface area contributed by atoms with Crippen LogP contribution in [-0.4, -0.2) is 68.1 Å². The lowest BCUT2D eigenvalue weighted by molar-refractivity contribution is 0.0363. The monoisotopic (exact) mass is 514 g/mol. The maximum Gasteiger partial charge on any atom is 0.243 e. The van der Waals surface area contributed by atoms with Gasteiger partial charge in [0.05, 0.1) is 29.5 Å². The van der Waals surface area contributed by atoms with Crippen LogP contribution in [0.5, 0.6) is 0 Å². The zero-order valence-electron chi connectivity index (χ0n) is 20.7. The van der Waals surface area contributed by atoms with E-state index >= 15 is 0 Å². The Bertz CT molecular complexity index is 1270. The fourth-order valence-electron chi connectivity index (χ4n) is 4.17. The van der Waals surface area contributed by atoms with E-state index in [0.29, 0.717) is 18.0 Å². The number of ether oxygens (including phenoxy) is 1. The van der Waals surface area contributed by atoms with Crippen molar-refractivity contribution < 1.29 is 13.2 Å². The summed E-state index contributed by atoms with van der Waals surface area (Å²) in [7, 11) is -3.48. The van der Waals surface area contributed by atoms with Crippen LogP contribution in [0, 0.1) is 6.92 Å². The van der Waals surface area contributed by atoms with Crippen LogP contribution in [0.1, 0.15) is 19.4 Å². The van der Waals surface area contributed by atoms with E-state index in [4.69, 9.17) is 9.73 Å². The number of aromatic nitrogens is 1. The van der Waals surface area contributed by atoms with E-state index in [-0.39, 0.29) is 0 Å². The van der Waals surface area contributed by atoms with Gasteiger partial charge < -0.3 is 9.30 Å². The topological polar surface area (TPSA) is 67.1 Å². The van der Waals surface area contributed by atoms with Gasteiger partial charge in [0.1, 0.15) is 0 Å². The molecule has 1 saturated heterocycles. The van der Waals surface area contributed by atoms with Gasteiger partial charge in [-0.05, 0) is 36.8 Å². The first-order valence-electron chi connectivity index (χ1n) is 12.1. The van der Waals surface area contributed by atoms with Gasteiger partial charge >= 0.3 is 0 Å². The van der Waals surface area contributed by atoms with Crippen molar-refractivity contribution in [1.29, 1.82) is 0 Å². The maximum absolute atomic E-state index is 12.9. The number of benzene rings is 2. The summed E-state index contributed by atoms with van der Waals surface area (Å²) in [6.07, 6.45) is 0. The van der Waals surface area contributed by atoms with Gasteiger partial charge in [0.15, 0.2) is 4.80 Å². The molecule has 0 unspecified atom stereocenters. The molecule has 0 N–H and O–H groups in total. The van der Waals surface area contributed by atoms with Gasteiger partial charge in [-0.15, -0.1) is 11.3 Å². The van der Waals surface area contributed by atoms with Crippen molar-refractivity contribution in [3.63, 3.8) is 0 Å². The average molecular weight is 515 g/mol. The number of nitrogens with zero attached hydrogens (tertiary/aromatic N) is 4. The average Bonchev–Trinajstić information content (AvgIpc) is 3.27. The van der Waals surface area contributed by atoms with Crippen molar-refractivity contribution in [3.8, 4) is 11.3 Å². The van der Waals surface area contributed by atoms with Crippen molar-refractivity contribution >= 4 is 27.0 Å². The van der Waals surface area contributed by atoms with E-state index in [1.807, 2.05) is 38.1 Å². The van der Waals surface area contributed by atoms with E-state index in [9.17, 15) is 8.42 Å². The fraction of sp³-hybridized carbons (Fsp3) is 0.423. The second kappa shape index (κ2) is 11.6. The predicted molar refractivity (Wildman–Crippen MR) is 142 cm³/mol. The largest absolute Gasteiger partial charge is 0.379 e. The third kappa shape index (κ3) is 6.10. The van der Waals surface area contributed by atoms with Crippen molar-refractivity contribution in [2.75, 3.05) is 45.9 Å². The highest BCUT2D eigenvalue weighted by atomic mass is 32.2. The molecule has 35 heavy (non-hydrogen) atoms. The first-order valence-corrected chi connectivity index (χ1v) is 14.4. The van der Waals surface area contributed by atoms with Crippen LogP contribution in [0.3, 0.4) is 0 Å². The summed E-state index contributed by atoms with van der Waals surface area (Å²) in [6, 6.07) is 15.4. The van der Waals surface area contributed by atoms with Crippen molar-refractivity contribution in [2.45, 2.75) is 32.2 Å². The van der Waals surface area contributed by atoms with E-state index < -0.39 is 10.0 Å². The van der Waals surface area contributed by atoms with Crippen molar-refractivity contribution in [1.82, 2.24) is 13.8 Å². The van der Waals surface area contributed by atoms with E-state index in [1.165, 1.54) is 9.87 Å². The second-order valence-electron chi connectivity index (χ2n) is 8.57. The molecule has 1 aliphatic heterocycles. The third-order valence-corrected chi connectivity index (χ3v) is 9.22. The van der Waals surface area contributed by atoms with Crippen LogP contribution >= 0.6 is 11.3 Å². The van der Waals surface area contributed by atoms with E-state index in [2.05, 4.69) is 33.9 Å². The Morgan fingerprint density at radius 3 is 2.26 bits per heavy atom. The molecule has 2 aromatic carbocycles. The highest BCUT2D eigenvalue weighted by Gasteiger charge is 2.21. The van der Waals surface area contributed by atoms with Crippen molar-refractivity contribution in [2.24, 2.45) is 4.99 Å². The van der Waals surface area contributed by atoms with Gasteiger partial charge in [0.2, 0.25) is 10.0 Å². The van der Waals surface area contributed by atoms with Gasteiger partial charge in [-0.1, -0.05) is 43.7 Å². The Labute approximate surface area is 212 Å². The number of hydrogen-bond acceptors (Lipinski definition) is 6. The summed E-state index contributed by atoms with van der Waals surface area (Å²) in [5, 5.41) is 2.11. The summed E-state index contributed by atoms with van der Waals surface area (Å²) in [4.78, 5) is 8.59. The van der Waals surface area contributed by atoms with Gasteiger partial charge in [0, 0.05) is 44.6 Å². The standard InChI is InChI=1S/C26H34N4O3S2/c1-4-29(5-2)35(31,32)24-12-8-22(9-13-24)25-20-34-26(27-23-10-6-21(3)7-11-23)30(25)15-14-28-16-18-33-19-17-28/h6-13,20H,4-5,14-19H2,1-3H3. The molecule has 1 fully saturated rings. The Kier molecular flexibility index (Phi) is 8.56. The normalized spacial score (nSPS) is 15.7. The first-order chi connectivity index (χ1) is 16.9. The molecule has 0 radical (unpaired) electrons. The summed E-state index contributed by atoms with van der Waals surface area (Å²) < 4.78 is 35.0. The summed E-state index contributed by atoms with van der Waals surface area (Å²) in [5.41, 5.74) is 4.15. The molecule has 9 heteroatoms. The fourth-order valence-corrected chi connectivity index (χ4v) is 6.59. The molecule has 0 bridgehead atoms. The third-order valence-electron chi connectivity index (χ3n) is 6.29. The first kappa shape index (κ1) is 25.8. The molecule has 1 aromatic heterocycles. The van der Waals surface area contributed by atoms with Gasteiger partial charge in [0.25, 0.3) is 0 Å². The Hall–Kier alpha value is -2.30. The van der Waals surface area contributed by atoms with Crippen LogP contribution in [0.4, 0.5) is 5.69 Å². The second-order valence-corrected chi connectivity index (χ2v) is 11.3. The Morgan fingerprint density at radius 1 is 0.971 bits per heavy atom. The molecular formula is C26H34N4O3S2. The zero-order chi connectivity index (χ0) is 24.8. The molecule has 1 aliphatic rings. The number of thiazole rings is 1. The molecule has 3 aromatic rings. The minimum absolute atomic E-state index is 0.324. The number of rotatable bonds is 9. The summed E-state index contributed by atoms with van der Waals surface area (Å²) in [6.45, 7) is 11.8. The quantitative estimate of drug-likeness (QED) is 0.431. The minimum Gasteiger partial charge on any atom is -0.379 e. The number of hydrogen-bond donors (Lipinski definition) is 0. The molecule has 0 aliphatic carbocycles. The summed E-state index contributed by atoms with van der Waals surface area (Å²) >= 11 is 1.61. The van der Waals surface area contributed by atoms with Gasteiger partial charge in [-0.3, -0.25) is 4.90 Å². The van der Waals surface area contributed by atoms with E-state index in [1.54, 1.807) is 23.5 Å². The molecule has 0 saturated carbocycles. The lowest BCUT2D eigenvalue weighted by Gasteiger charge is -2.26. The molecule has 4 rings (SSSR count). The lowest BCUT2D eigenvalue weighted by Crippen LogP contribution is -2.39. The molecule has 0 atom stereocenters. The highest BCUT2D eigenvalue weighted by Crippen LogP contribution is 2.24. The van der Waals surface area contributed by atoms with Crippen LogP contribution in [-0.2, 0) is 21.3 Å². The Morgan fingerprint density at radius 2 is 1.63 bits per heavy atom. The minimum atomic E-state index is -3.48. The zero-order valence-corrected chi connectivity index (χ0v) is 22.3. The van der Waals surface area contributed by atoms with Crippen LogP contribution in [0.25, 0.3) is 11.3 Å². The van der Waals surface area contributed by atoms with E-state index in [0.717, 1.165) is 61.1 Å². The molecule has 0 spiro atoms. The number of sulfonamides is 1. The molecular weight excluding hydrogens is 480 g/mol. The Balaban J connectivity index is 1.68. The smallest absolute Gasteiger partial charge is 0.243 e. The SMILES string of the molecule is CCN(CC)S(=O)(=O)c1ccc(-c2csc(=Nc3ccc(C)cc3)n2CCN2CCOCC2)cc1. The molecule has 0 amide bonds. The van der Waals surface area contributed by atoms with Gasteiger partial charge in [-0.25, -0.2) is 13.4 Å².